The molecule has 0 spiro atoms. The minimum absolute atomic E-state index is 0.0362. The van der Waals surface area contributed by atoms with Crippen molar-refractivity contribution in [2.45, 2.75) is 26.8 Å². The van der Waals surface area contributed by atoms with E-state index in [1.54, 1.807) is 20.2 Å². The first-order valence-corrected chi connectivity index (χ1v) is 9.59. The number of hydrogen-bond acceptors (Lipinski definition) is 7. The van der Waals surface area contributed by atoms with Crippen molar-refractivity contribution in [1.82, 2.24) is 29.5 Å². The predicted molar refractivity (Wildman–Crippen MR) is 110 cm³/mol. The van der Waals surface area contributed by atoms with E-state index < -0.39 is 5.97 Å². The van der Waals surface area contributed by atoms with E-state index in [-0.39, 0.29) is 12.0 Å². The molecule has 4 rings (SSSR count). The fourth-order valence-electron chi connectivity index (χ4n) is 3.28. The van der Waals surface area contributed by atoms with Gasteiger partial charge >= 0.3 is 5.97 Å². The van der Waals surface area contributed by atoms with Gasteiger partial charge in [0.2, 0.25) is 5.88 Å². The third-order valence-corrected chi connectivity index (χ3v) is 4.78. The monoisotopic (exact) mass is 406 g/mol. The Hall–Kier alpha value is -3.75. The van der Waals surface area contributed by atoms with E-state index in [0.29, 0.717) is 29.1 Å². The minimum atomic E-state index is -0.448. The van der Waals surface area contributed by atoms with Gasteiger partial charge in [0.1, 0.15) is 11.0 Å². The van der Waals surface area contributed by atoms with E-state index >= 15 is 0 Å². The van der Waals surface area contributed by atoms with E-state index in [1.165, 1.54) is 22.6 Å². The number of aromatic nitrogens is 6. The predicted octanol–water partition coefficient (Wildman–Crippen LogP) is 3.12. The van der Waals surface area contributed by atoms with Crippen LogP contribution in [-0.4, -0.2) is 49.2 Å². The van der Waals surface area contributed by atoms with Gasteiger partial charge in [-0.1, -0.05) is 29.8 Å². The molecular formula is C21H22N6O3. The maximum absolute atomic E-state index is 11.9. The lowest BCUT2D eigenvalue weighted by Gasteiger charge is -2.15. The van der Waals surface area contributed by atoms with Crippen LogP contribution in [0.4, 0.5) is 0 Å². The van der Waals surface area contributed by atoms with Crippen molar-refractivity contribution in [3.63, 3.8) is 0 Å². The molecule has 0 unspecified atom stereocenters. The molecule has 0 aliphatic rings. The summed E-state index contributed by atoms with van der Waals surface area (Å²) in [5, 5.41) is 8.71. The molecule has 9 heteroatoms. The lowest BCUT2D eigenvalue weighted by atomic mass is 10.1. The summed E-state index contributed by atoms with van der Waals surface area (Å²) in [5.74, 6) is 0.203. The normalized spacial score (nSPS) is 12.1. The number of ether oxygens (including phenoxy) is 2. The molecule has 0 saturated carbocycles. The van der Waals surface area contributed by atoms with Crippen molar-refractivity contribution in [2.75, 3.05) is 13.7 Å². The highest BCUT2D eigenvalue weighted by atomic mass is 16.5. The molecule has 0 fully saturated rings. The molecule has 0 aliphatic heterocycles. The average Bonchev–Trinajstić information content (AvgIpc) is 3.40. The fraction of sp³-hybridized carbons (Fsp3) is 0.286. The second kappa shape index (κ2) is 7.94. The van der Waals surface area contributed by atoms with Crippen LogP contribution in [-0.2, 0) is 4.74 Å². The van der Waals surface area contributed by atoms with Crippen molar-refractivity contribution in [1.29, 1.82) is 0 Å². The highest BCUT2D eigenvalue weighted by Gasteiger charge is 2.20. The number of benzene rings is 1. The number of esters is 1. The van der Waals surface area contributed by atoms with Gasteiger partial charge < -0.3 is 9.47 Å². The Balaban J connectivity index is 1.76. The molecule has 0 aliphatic carbocycles. The van der Waals surface area contributed by atoms with Gasteiger partial charge in [-0.15, -0.1) is 0 Å². The van der Waals surface area contributed by atoms with Gasteiger partial charge in [-0.3, -0.25) is 4.68 Å². The number of nitrogens with zero attached hydrogens (tertiary/aromatic N) is 6. The number of methoxy groups -OCH3 is 1. The number of hydrogen-bond donors (Lipinski definition) is 0. The third-order valence-electron chi connectivity index (χ3n) is 4.78. The Morgan fingerprint density at radius 2 is 2.03 bits per heavy atom. The molecule has 0 amide bonds. The lowest BCUT2D eigenvalue weighted by Crippen LogP contribution is -2.11. The van der Waals surface area contributed by atoms with Crippen LogP contribution in [0, 0.1) is 6.92 Å². The third kappa shape index (κ3) is 3.49. The highest BCUT2D eigenvalue weighted by molar-refractivity contribution is 5.88. The molecule has 1 atom stereocenters. The Kier molecular flexibility index (Phi) is 5.18. The number of carbonyl (C=O) groups is 1. The Bertz CT molecular complexity index is 1210. The largest absolute Gasteiger partial charge is 0.479 e. The maximum atomic E-state index is 11.9. The van der Waals surface area contributed by atoms with Gasteiger partial charge in [-0.2, -0.15) is 15.2 Å². The van der Waals surface area contributed by atoms with Gasteiger partial charge in [-0.05, 0) is 26.3 Å². The van der Waals surface area contributed by atoms with Crippen LogP contribution in [0.5, 0.6) is 5.88 Å². The number of rotatable bonds is 6. The van der Waals surface area contributed by atoms with Crippen molar-refractivity contribution in [3.05, 3.63) is 59.5 Å². The highest BCUT2D eigenvalue weighted by Crippen LogP contribution is 2.28. The molecule has 3 aromatic heterocycles. The molecule has 1 aromatic carbocycles. The van der Waals surface area contributed by atoms with Gasteiger partial charge in [0.15, 0.2) is 0 Å². The fourth-order valence-corrected chi connectivity index (χ4v) is 3.28. The summed E-state index contributed by atoms with van der Waals surface area (Å²) < 4.78 is 13.8. The first-order chi connectivity index (χ1) is 14.5. The lowest BCUT2D eigenvalue weighted by molar-refractivity contribution is 0.0526. The van der Waals surface area contributed by atoms with Crippen molar-refractivity contribution >= 4 is 17.0 Å². The zero-order valence-corrected chi connectivity index (χ0v) is 17.2. The Morgan fingerprint density at radius 1 is 1.20 bits per heavy atom. The quantitative estimate of drug-likeness (QED) is 0.454. The van der Waals surface area contributed by atoms with Crippen LogP contribution in [0.15, 0.2) is 42.9 Å². The van der Waals surface area contributed by atoms with Crippen LogP contribution >= 0.6 is 0 Å². The smallest absolute Gasteiger partial charge is 0.341 e. The topological polar surface area (TPSA) is 97.0 Å². The second-order valence-electron chi connectivity index (χ2n) is 6.84. The molecule has 30 heavy (non-hydrogen) atoms. The van der Waals surface area contributed by atoms with E-state index in [9.17, 15) is 4.79 Å². The first-order valence-electron chi connectivity index (χ1n) is 9.59. The summed E-state index contributed by atoms with van der Waals surface area (Å²) in [5.41, 5.74) is 3.93. The van der Waals surface area contributed by atoms with Crippen LogP contribution in [0.25, 0.3) is 17.0 Å². The minimum Gasteiger partial charge on any atom is -0.479 e. The van der Waals surface area contributed by atoms with Gasteiger partial charge in [-0.25, -0.2) is 14.5 Å². The zero-order chi connectivity index (χ0) is 21.3. The van der Waals surface area contributed by atoms with Crippen LogP contribution in [0.2, 0.25) is 0 Å². The van der Waals surface area contributed by atoms with E-state index in [1.807, 2.05) is 10.7 Å². The van der Waals surface area contributed by atoms with E-state index in [4.69, 9.17) is 9.47 Å². The number of aryl methyl sites for hydroxylation is 1. The van der Waals surface area contributed by atoms with Crippen LogP contribution in [0.3, 0.4) is 0 Å². The van der Waals surface area contributed by atoms with Gasteiger partial charge in [0.25, 0.3) is 5.95 Å². The molecule has 9 nitrogen and oxygen atoms in total. The number of fused-ring (bicyclic) bond motifs is 1. The molecular weight excluding hydrogens is 384 g/mol. The maximum Gasteiger partial charge on any atom is 0.341 e. The molecule has 0 bridgehead atoms. The standard InChI is InChI=1S/C21H22N6O3/c1-5-30-20(28)16-10-22-26(12-16)21-24-17-11-23-27(18(17)19(25-21)29-4)14(3)15-8-6-7-13(2)9-15/h6-12,14H,5H2,1-4H3/t14-/m0/s1. The van der Waals surface area contributed by atoms with E-state index in [2.05, 4.69) is 52.2 Å². The molecule has 0 saturated heterocycles. The molecule has 154 valence electrons. The molecule has 0 radical (unpaired) electrons. The van der Waals surface area contributed by atoms with Crippen molar-refractivity contribution in [2.24, 2.45) is 0 Å². The SMILES string of the molecule is CCOC(=O)c1cnn(-c2nc(OC)c3c(cnn3[C@@H](C)c3cccc(C)c3)n2)c1. The summed E-state index contributed by atoms with van der Waals surface area (Å²) in [6, 6.07) is 8.24. The summed E-state index contributed by atoms with van der Waals surface area (Å²) >= 11 is 0. The average molecular weight is 406 g/mol. The summed E-state index contributed by atoms with van der Waals surface area (Å²) in [6.45, 7) is 6.16. The molecule has 4 aromatic rings. The number of carbonyl (C=O) groups excluding carboxylic acids is 1. The van der Waals surface area contributed by atoms with Crippen LogP contribution in [0.1, 0.15) is 41.4 Å². The summed E-state index contributed by atoms with van der Waals surface area (Å²) in [6.07, 6.45) is 4.62. The van der Waals surface area contributed by atoms with Gasteiger partial charge in [0.05, 0.1) is 37.7 Å². The Labute approximate surface area is 173 Å². The van der Waals surface area contributed by atoms with E-state index in [0.717, 1.165) is 5.56 Å². The first kappa shape index (κ1) is 19.6. The van der Waals surface area contributed by atoms with Crippen molar-refractivity contribution < 1.29 is 14.3 Å². The molecule has 0 N–H and O–H groups in total. The second-order valence-corrected chi connectivity index (χ2v) is 6.84. The van der Waals surface area contributed by atoms with Crippen molar-refractivity contribution in [3.8, 4) is 11.8 Å². The zero-order valence-electron chi connectivity index (χ0n) is 17.2. The summed E-state index contributed by atoms with van der Waals surface area (Å²) in [4.78, 5) is 21.0. The van der Waals surface area contributed by atoms with Gasteiger partial charge in [0, 0.05) is 6.20 Å². The molecule has 3 heterocycles. The van der Waals surface area contributed by atoms with Crippen LogP contribution < -0.4 is 4.74 Å². The Morgan fingerprint density at radius 3 is 2.77 bits per heavy atom. The summed E-state index contributed by atoms with van der Waals surface area (Å²) in [7, 11) is 1.55.